The summed E-state index contributed by atoms with van der Waals surface area (Å²) in [5.41, 5.74) is 0.216. The molecule has 0 radical (unpaired) electrons. The van der Waals surface area contributed by atoms with Crippen LogP contribution < -0.4 is 4.74 Å². The maximum Gasteiger partial charge on any atom is 0.418 e. The first-order valence-corrected chi connectivity index (χ1v) is 13.5. The molecule has 4 heterocycles. The first-order chi connectivity index (χ1) is 19.6. The molecule has 0 saturated carbocycles. The number of H-pyrrole nitrogens is 1. The van der Waals surface area contributed by atoms with Gasteiger partial charge in [-0.05, 0) is 58.9 Å². The molecule has 5 nitrogen and oxygen atoms in total. The van der Waals surface area contributed by atoms with Gasteiger partial charge in [0, 0.05) is 47.2 Å². The number of rotatable bonds is 7. The number of pyridine rings is 2. The van der Waals surface area contributed by atoms with Crippen LogP contribution in [0.25, 0.3) is 22.0 Å². The van der Waals surface area contributed by atoms with E-state index in [0.717, 1.165) is 22.1 Å². The van der Waals surface area contributed by atoms with Crippen molar-refractivity contribution in [2.24, 2.45) is 0 Å². The largest absolute Gasteiger partial charge is 0.493 e. The van der Waals surface area contributed by atoms with Crippen LogP contribution in [0.3, 0.4) is 0 Å². The fourth-order valence-corrected chi connectivity index (χ4v) is 6.15. The number of alkyl halides is 3. The van der Waals surface area contributed by atoms with E-state index >= 15 is 13.2 Å². The second-order valence-corrected chi connectivity index (χ2v) is 11.4. The van der Waals surface area contributed by atoms with E-state index in [9.17, 15) is 5.11 Å². The van der Waals surface area contributed by atoms with E-state index in [4.69, 9.17) is 4.74 Å². The Kier molecular flexibility index (Phi) is 6.61. The molecule has 0 spiro atoms. The number of aromatic amines is 1. The van der Waals surface area contributed by atoms with Gasteiger partial charge < -0.3 is 14.8 Å². The Morgan fingerprint density at radius 2 is 1.71 bits per heavy atom. The van der Waals surface area contributed by atoms with Gasteiger partial charge in [-0.3, -0.25) is 9.97 Å². The molecule has 8 heteroatoms. The van der Waals surface area contributed by atoms with E-state index in [2.05, 4.69) is 15.0 Å². The number of nitrogens with zero attached hydrogens (tertiary/aromatic N) is 2. The van der Waals surface area contributed by atoms with Crippen molar-refractivity contribution < 1.29 is 23.0 Å². The van der Waals surface area contributed by atoms with Gasteiger partial charge in [0.25, 0.3) is 0 Å². The number of benzene rings is 2. The highest BCUT2D eigenvalue weighted by Crippen LogP contribution is 2.53. The lowest BCUT2D eigenvalue weighted by atomic mass is 9.67. The monoisotopic (exact) mass is 557 g/mol. The van der Waals surface area contributed by atoms with Crippen molar-refractivity contribution in [3.05, 3.63) is 114 Å². The Morgan fingerprint density at radius 1 is 0.927 bits per heavy atom. The molecule has 41 heavy (non-hydrogen) atoms. The first kappa shape index (κ1) is 27.0. The molecule has 0 saturated heterocycles. The van der Waals surface area contributed by atoms with Gasteiger partial charge >= 0.3 is 6.18 Å². The molecule has 2 N–H and O–H groups in total. The van der Waals surface area contributed by atoms with Crippen LogP contribution in [0, 0.1) is 0 Å². The van der Waals surface area contributed by atoms with Crippen LogP contribution in [0.15, 0.2) is 91.5 Å². The summed E-state index contributed by atoms with van der Waals surface area (Å²) in [6.45, 7) is 3.94. The van der Waals surface area contributed by atoms with Gasteiger partial charge in [-0.1, -0.05) is 50.2 Å². The highest BCUT2D eigenvalue weighted by Gasteiger charge is 2.61. The molecule has 0 amide bonds. The van der Waals surface area contributed by atoms with Crippen molar-refractivity contribution in [1.29, 1.82) is 0 Å². The molecule has 5 aromatic rings. The normalized spacial score (nSPS) is 15.8. The second-order valence-electron chi connectivity index (χ2n) is 11.4. The molecular weight excluding hydrogens is 527 g/mol. The molecule has 0 aliphatic carbocycles. The van der Waals surface area contributed by atoms with E-state index in [1.54, 1.807) is 81.1 Å². The molecule has 0 bridgehead atoms. The smallest absolute Gasteiger partial charge is 0.418 e. The zero-order valence-electron chi connectivity index (χ0n) is 22.7. The summed E-state index contributed by atoms with van der Waals surface area (Å²) in [7, 11) is 0. The number of ether oxygens (including phenoxy) is 1. The summed E-state index contributed by atoms with van der Waals surface area (Å²) in [5, 5.41) is 12.8. The molecular formula is C33H30F3N3O2. The molecule has 6 rings (SSSR count). The fraction of sp³-hybridized carbons (Fsp3) is 0.273. The highest BCUT2D eigenvalue weighted by molar-refractivity contribution is 5.79. The zero-order chi connectivity index (χ0) is 28.8. The van der Waals surface area contributed by atoms with Gasteiger partial charge in [0.1, 0.15) is 5.75 Å². The van der Waals surface area contributed by atoms with Crippen molar-refractivity contribution in [1.82, 2.24) is 15.0 Å². The average molecular weight is 558 g/mol. The molecule has 2 unspecified atom stereocenters. The molecule has 210 valence electrons. The van der Waals surface area contributed by atoms with Gasteiger partial charge in [-0.2, -0.15) is 13.2 Å². The Morgan fingerprint density at radius 3 is 2.41 bits per heavy atom. The minimum atomic E-state index is -4.97. The van der Waals surface area contributed by atoms with Crippen LogP contribution >= 0.6 is 0 Å². The summed E-state index contributed by atoms with van der Waals surface area (Å²) < 4.78 is 52.0. The fourth-order valence-electron chi connectivity index (χ4n) is 6.15. The molecule has 1 aliphatic rings. The van der Waals surface area contributed by atoms with Crippen molar-refractivity contribution in [3.63, 3.8) is 0 Å². The topological polar surface area (TPSA) is 71.0 Å². The van der Waals surface area contributed by atoms with Crippen LogP contribution in [0.4, 0.5) is 13.2 Å². The predicted molar refractivity (Wildman–Crippen MR) is 152 cm³/mol. The summed E-state index contributed by atoms with van der Waals surface area (Å²) in [4.78, 5) is 11.4. The van der Waals surface area contributed by atoms with E-state index in [1.165, 1.54) is 0 Å². The number of aromatic nitrogens is 3. The van der Waals surface area contributed by atoms with Crippen molar-refractivity contribution in [2.75, 3.05) is 6.61 Å². The SMILES string of the molecule is CC(C)(CC(O)(C(c1ccccc1)c1cc2ccncc2[nH]1)C(F)(F)F)c1cc(-c2cccnc2)cc2c1OCC2. The minimum absolute atomic E-state index is 0.264. The third kappa shape index (κ3) is 4.86. The number of hydrogen-bond donors (Lipinski definition) is 2. The highest BCUT2D eigenvalue weighted by atomic mass is 19.4. The Balaban J connectivity index is 1.51. The third-order valence-corrected chi connectivity index (χ3v) is 8.08. The van der Waals surface area contributed by atoms with E-state index in [-0.39, 0.29) is 5.69 Å². The molecule has 2 atom stereocenters. The third-order valence-electron chi connectivity index (χ3n) is 8.08. The summed E-state index contributed by atoms with van der Waals surface area (Å²) in [5.74, 6) is -0.828. The predicted octanol–water partition coefficient (Wildman–Crippen LogP) is 7.35. The second kappa shape index (κ2) is 10.0. The van der Waals surface area contributed by atoms with Gasteiger partial charge in [-0.15, -0.1) is 0 Å². The Hall–Kier alpha value is -4.17. The number of nitrogens with one attached hydrogen (secondary N) is 1. The van der Waals surface area contributed by atoms with Crippen LogP contribution in [0.5, 0.6) is 5.75 Å². The van der Waals surface area contributed by atoms with Gasteiger partial charge in [0.15, 0.2) is 5.60 Å². The summed E-state index contributed by atoms with van der Waals surface area (Å²) in [6, 6.07) is 19.4. The molecule has 3 aromatic heterocycles. The van der Waals surface area contributed by atoms with Crippen molar-refractivity contribution in [2.45, 2.75) is 49.8 Å². The van der Waals surface area contributed by atoms with Crippen LogP contribution in [-0.2, 0) is 11.8 Å². The lowest BCUT2D eigenvalue weighted by Gasteiger charge is -2.43. The lowest BCUT2D eigenvalue weighted by molar-refractivity contribution is -0.272. The first-order valence-electron chi connectivity index (χ1n) is 13.5. The Bertz CT molecular complexity index is 1650. The number of hydrogen-bond acceptors (Lipinski definition) is 4. The van der Waals surface area contributed by atoms with E-state index in [0.29, 0.717) is 35.4 Å². The quantitative estimate of drug-likeness (QED) is 0.219. The standard InChI is InChI=1S/C33H30F3N3O2/c1-31(2,26-16-25(24-9-6-12-37-18-24)15-23-11-14-41-30(23)26)20-32(40,33(34,35)36)29(21-7-4-3-5-8-21)27-17-22-10-13-38-19-28(22)39-27/h3-10,12-13,15-19,29,39-40H,11,14,20H2,1-2H3. The molecule has 1 aliphatic heterocycles. The Labute approximate surface area is 236 Å². The van der Waals surface area contributed by atoms with Crippen molar-refractivity contribution >= 4 is 10.9 Å². The number of aliphatic hydroxyl groups is 1. The number of halogens is 3. The number of fused-ring (bicyclic) bond motifs is 2. The average Bonchev–Trinajstić information content (AvgIpc) is 3.59. The molecule has 2 aromatic carbocycles. The summed E-state index contributed by atoms with van der Waals surface area (Å²) >= 11 is 0. The minimum Gasteiger partial charge on any atom is -0.493 e. The maximum atomic E-state index is 15.3. The van der Waals surface area contributed by atoms with Gasteiger partial charge in [0.05, 0.1) is 24.2 Å². The van der Waals surface area contributed by atoms with Crippen LogP contribution in [0.1, 0.15) is 48.6 Å². The van der Waals surface area contributed by atoms with Crippen LogP contribution in [0.2, 0.25) is 0 Å². The lowest BCUT2D eigenvalue weighted by Crippen LogP contribution is -2.53. The zero-order valence-corrected chi connectivity index (χ0v) is 22.7. The van der Waals surface area contributed by atoms with Gasteiger partial charge in [-0.25, -0.2) is 0 Å². The van der Waals surface area contributed by atoms with Crippen LogP contribution in [-0.4, -0.2) is 38.4 Å². The van der Waals surface area contributed by atoms with Gasteiger partial charge in [0.2, 0.25) is 0 Å². The van der Waals surface area contributed by atoms with E-state index < -0.39 is 29.5 Å². The summed E-state index contributed by atoms with van der Waals surface area (Å²) in [6.07, 6.45) is 1.66. The van der Waals surface area contributed by atoms with Crippen molar-refractivity contribution in [3.8, 4) is 16.9 Å². The molecule has 0 fully saturated rings. The maximum absolute atomic E-state index is 15.3. The van der Waals surface area contributed by atoms with E-state index in [1.807, 2.05) is 24.3 Å².